The molecule has 2 aliphatic rings. The lowest BCUT2D eigenvalue weighted by atomic mass is 9.75. The summed E-state index contributed by atoms with van der Waals surface area (Å²) in [5.74, 6) is -1.55. The van der Waals surface area contributed by atoms with Crippen molar-refractivity contribution in [1.82, 2.24) is 5.32 Å². The molecule has 1 aliphatic carbocycles. The lowest BCUT2D eigenvalue weighted by molar-refractivity contribution is -0.120. The van der Waals surface area contributed by atoms with Crippen molar-refractivity contribution in [3.05, 3.63) is 76.4 Å². The Morgan fingerprint density at radius 2 is 1.67 bits per heavy atom. The monoisotopic (exact) mass is 317 g/mol. The average Bonchev–Trinajstić information content (AvgIpc) is 2.59. The van der Waals surface area contributed by atoms with Gasteiger partial charge in [0.05, 0.1) is 5.70 Å². The second kappa shape index (κ2) is 5.27. The molecule has 0 radical (unpaired) electrons. The minimum atomic E-state index is -0.518. The normalized spacial score (nSPS) is 19.7. The minimum Gasteiger partial charge on any atom is -0.325 e. The summed E-state index contributed by atoms with van der Waals surface area (Å²) >= 11 is 0. The van der Waals surface area contributed by atoms with Crippen LogP contribution in [-0.4, -0.2) is 17.5 Å². The minimum absolute atomic E-state index is 0.141. The molecule has 0 saturated carbocycles. The van der Waals surface area contributed by atoms with E-state index in [1.807, 2.05) is 31.2 Å². The van der Waals surface area contributed by atoms with Gasteiger partial charge in [0.15, 0.2) is 0 Å². The predicted molar refractivity (Wildman–Crippen MR) is 89.4 cm³/mol. The van der Waals surface area contributed by atoms with Crippen molar-refractivity contribution in [2.75, 3.05) is 0 Å². The molecule has 1 heterocycles. The summed E-state index contributed by atoms with van der Waals surface area (Å²) < 4.78 is 0. The SMILES string of the molecule is Cc1cccc(C2CC(=O)NC3=C2C(=O)C(=O)c2ccccc23)c1. The van der Waals surface area contributed by atoms with E-state index in [4.69, 9.17) is 0 Å². The molecule has 1 N–H and O–H groups in total. The summed E-state index contributed by atoms with van der Waals surface area (Å²) in [6.45, 7) is 1.96. The lowest BCUT2D eigenvalue weighted by Crippen LogP contribution is -2.39. The molecule has 2 aromatic carbocycles. The van der Waals surface area contributed by atoms with Crippen molar-refractivity contribution in [3.63, 3.8) is 0 Å². The first-order chi connectivity index (χ1) is 11.6. The van der Waals surface area contributed by atoms with Crippen molar-refractivity contribution in [3.8, 4) is 0 Å². The van der Waals surface area contributed by atoms with Gasteiger partial charge in [-0.25, -0.2) is 0 Å². The van der Waals surface area contributed by atoms with Crippen LogP contribution in [0.15, 0.2) is 54.1 Å². The highest BCUT2D eigenvalue weighted by Crippen LogP contribution is 2.40. The molecule has 1 atom stereocenters. The molecule has 4 rings (SSSR count). The fraction of sp³-hybridized carbons (Fsp3) is 0.150. The predicted octanol–water partition coefficient (Wildman–Crippen LogP) is 2.78. The van der Waals surface area contributed by atoms with Gasteiger partial charge in [-0.2, -0.15) is 0 Å². The van der Waals surface area contributed by atoms with Crippen LogP contribution in [0.2, 0.25) is 0 Å². The van der Waals surface area contributed by atoms with Gasteiger partial charge in [0.1, 0.15) is 0 Å². The maximum atomic E-state index is 12.7. The van der Waals surface area contributed by atoms with Gasteiger partial charge in [-0.1, -0.05) is 54.1 Å². The van der Waals surface area contributed by atoms with E-state index in [1.54, 1.807) is 24.3 Å². The van der Waals surface area contributed by atoms with Gasteiger partial charge in [0.25, 0.3) is 0 Å². The molecule has 0 spiro atoms. The van der Waals surface area contributed by atoms with Crippen molar-refractivity contribution in [2.45, 2.75) is 19.3 Å². The first kappa shape index (κ1) is 14.6. The van der Waals surface area contributed by atoms with E-state index in [-0.39, 0.29) is 12.3 Å². The Labute approximate surface area is 139 Å². The molecule has 0 saturated heterocycles. The van der Waals surface area contributed by atoms with E-state index >= 15 is 0 Å². The van der Waals surface area contributed by atoms with Crippen LogP contribution in [0.4, 0.5) is 0 Å². The van der Waals surface area contributed by atoms with Gasteiger partial charge in [0, 0.05) is 29.0 Å². The number of carbonyl (C=O) groups is 3. The Morgan fingerprint density at radius 3 is 2.42 bits per heavy atom. The van der Waals surface area contributed by atoms with Crippen molar-refractivity contribution < 1.29 is 14.4 Å². The summed E-state index contributed by atoms with van der Waals surface area (Å²) in [6, 6.07) is 14.7. The van der Waals surface area contributed by atoms with Gasteiger partial charge < -0.3 is 5.32 Å². The highest BCUT2D eigenvalue weighted by molar-refractivity contribution is 6.53. The van der Waals surface area contributed by atoms with Crippen molar-refractivity contribution in [2.24, 2.45) is 0 Å². The molecular weight excluding hydrogens is 302 g/mol. The molecule has 2 aromatic rings. The van der Waals surface area contributed by atoms with E-state index < -0.39 is 17.5 Å². The smallest absolute Gasteiger partial charge is 0.233 e. The van der Waals surface area contributed by atoms with Crippen LogP contribution in [0, 0.1) is 6.92 Å². The van der Waals surface area contributed by atoms with Crippen LogP contribution < -0.4 is 5.32 Å². The van der Waals surface area contributed by atoms with Gasteiger partial charge >= 0.3 is 0 Å². The number of Topliss-reactive ketones (excluding diaryl/α,β-unsaturated/α-hetero) is 2. The van der Waals surface area contributed by atoms with Gasteiger partial charge in [0.2, 0.25) is 17.5 Å². The molecule has 4 heteroatoms. The number of rotatable bonds is 1. The average molecular weight is 317 g/mol. The Morgan fingerprint density at radius 1 is 0.917 bits per heavy atom. The van der Waals surface area contributed by atoms with Crippen LogP contribution in [0.25, 0.3) is 5.70 Å². The molecule has 0 aromatic heterocycles. The van der Waals surface area contributed by atoms with E-state index in [2.05, 4.69) is 5.32 Å². The summed E-state index contributed by atoms with van der Waals surface area (Å²) in [7, 11) is 0. The molecule has 24 heavy (non-hydrogen) atoms. The second-order valence-corrected chi connectivity index (χ2v) is 6.21. The molecule has 1 unspecified atom stereocenters. The zero-order valence-corrected chi connectivity index (χ0v) is 13.1. The number of carbonyl (C=O) groups excluding carboxylic acids is 3. The topological polar surface area (TPSA) is 63.2 Å². The molecule has 4 nitrogen and oxygen atoms in total. The summed E-state index contributed by atoms with van der Waals surface area (Å²) in [5, 5.41) is 2.81. The number of benzene rings is 2. The van der Waals surface area contributed by atoms with Crippen molar-refractivity contribution in [1.29, 1.82) is 0 Å². The lowest BCUT2D eigenvalue weighted by Gasteiger charge is -2.31. The summed E-state index contributed by atoms with van der Waals surface area (Å²) in [5.41, 5.74) is 3.81. The van der Waals surface area contributed by atoms with E-state index in [9.17, 15) is 14.4 Å². The van der Waals surface area contributed by atoms with Gasteiger partial charge in [-0.15, -0.1) is 0 Å². The Balaban J connectivity index is 1.97. The maximum absolute atomic E-state index is 12.7. The number of fused-ring (bicyclic) bond motifs is 2. The third-order valence-electron chi connectivity index (χ3n) is 4.61. The van der Waals surface area contributed by atoms with Crippen LogP contribution in [-0.2, 0) is 9.59 Å². The number of ketones is 2. The van der Waals surface area contributed by atoms with Gasteiger partial charge in [-0.05, 0) is 12.5 Å². The second-order valence-electron chi connectivity index (χ2n) is 6.21. The number of nitrogens with one attached hydrogen (secondary N) is 1. The molecule has 1 aliphatic heterocycles. The highest BCUT2D eigenvalue weighted by Gasteiger charge is 2.41. The fourth-order valence-corrected chi connectivity index (χ4v) is 3.52. The third-order valence-corrected chi connectivity index (χ3v) is 4.61. The Kier molecular flexibility index (Phi) is 3.20. The number of aryl methyl sites for hydroxylation is 1. The third kappa shape index (κ3) is 2.11. The molecule has 118 valence electrons. The summed E-state index contributed by atoms with van der Waals surface area (Å²) in [4.78, 5) is 37.5. The number of hydrogen-bond donors (Lipinski definition) is 1. The van der Waals surface area contributed by atoms with Crippen LogP contribution in [0.1, 0.15) is 39.4 Å². The van der Waals surface area contributed by atoms with Crippen LogP contribution in [0.3, 0.4) is 0 Å². The molecular formula is C20H15NO3. The van der Waals surface area contributed by atoms with E-state index in [0.717, 1.165) is 11.1 Å². The first-order valence-corrected chi connectivity index (χ1v) is 7.85. The molecule has 0 fully saturated rings. The highest BCUT2D eigenvalue weighted by atomic mass is 16.2. The van der Waals surface area contributed by atoms with Crippen LogP contribution >= 0.6 is 0 Å². The number of allylic oxidation sites excluding steroid dienone is 1. The van der Waals surface area contributed by atoms with E-state index in [1.165, 1.54) is 0 Å². The quantitative estimate of drug-likeness (QED) is 0.823. The zero-order chi connectivity index (χ0) is 16.8. The summed E-state index contributed by atoms with van der Waals surface area (Å²) in [6.07, 6.45) is 0.170. The Bertz CT molecular complexity index is 939. The first-order valence-electron chi connectivity index (χ1n) is 7.85. The molecule has 0 bridgehead atoms. The van der Waals surface area contributed by atoms with Crippen LogP contribution in [0.5, 0.6) is 0 Å². The number of hydrogen-bond acceptors (Lipinski definition) is 3. The van der Waals surface area contributed by atoms with Crippen molar-refractivity contribution >= 4 is 23.2 Å². The van der Waals surface area contributed by atoms with E-state index in [0.29, 0.717) is 22.4 Å². The standard InChI is InChI=1S/C20H15NO3/c1-11-5-4-6-12(9-11)15-10-16(22)21-18-13-7-2-3-8-14(13)19(23)20(24)17(15)18/h2-9,15H,10H2,1H3,(H,21,22). The van der Waals surface area contributed by atoms with Gasteiger partial charge in [-0.3, -0.25) is 14.4 Å². The fourth-order valence-electron chi connectivity index (χ4n) is 3.52. The zero-order valence-electron chi connectivity index (χ0n) is 13.1. The largest absolute Gasteiger partial charge is 0.325 e. The molecule has 1 amide bonds. The number of amides is 1. The maximum Gasteiger partial charge on any atom is 0.233 e. The Hall–Kier alpha value is -3.01.